The smallest absolute Gasteiger partial charge is 0.410 e. The molecule has 0 radical (unpaired) electrons. The number of para-hydroxylation sites is 1. The molecule has 1 N–H and O–H groups in total. The highest BCUT2D eigenvalue weighted by Crippen LogP contribution is 2.18. The van der Waals surface area contributed by atoms with Crippen LogP contribution in [-0.2, 0) is 0 Å². The fourth-order valence-electron chi connectivity index (χ4n) is 2.63. The fraction of sp³-hybridized carbons (Fsp3) is 0.353. The summed E-state index contributed by atoms with van der Waals surface area (Å²) in [5.41, 5.74) is 0. The van der Waals surface area contributed by atoms with E-state index >= 15 is 0 Å². The topological polar surface area (TPSA) is 84.7 Å². The number of aromatic nitrogens is 1. The van der Waals surface area contributed by atoms with Crippen LogP contribution in [0.2, 0.25) is 0 Å². The number of hydrogen-bond acceptors (Lipinski definition) is 5. The van der Waals surface area contributed by atoms with Crippen molar-refractivity contribution in [2.75, 3.05) is 19.6 Å². The van der Waals surface area contributed by atoms with Crippen LogP contribution in [0.15, 0.2) is 47.1 Å². The lowest BCUT2D eigenvalue weighted by atomic mass is 9.97. The number of nitrogens with zero attached hydrogens (tertiary/aromatic N) is 2. The van der Waals surface area contributed by atoms with Crippen LogP contribution >= 0.6 is 0 Å². The second-order valence-electron chi connectivity index (χ2n) is 5.70. The van der Waals surface area contributed by atoms with E-state index in [2.05, 4.69) is 10.5 Å². The lowest BCUT2D eigenvalue weighted by molar-refractivity contribution is 0.0895. The summed E-state index contributed by atoms with van der Waals surface area (Å²) in [4.78, 5) is 25.6. The van der Waals surface area contributed by atoms with Crippen LogP contribution < -0.4 is 10.1 Å². The number of rotatable bonds is 4. The summed E-state index contributed by atoms with van der Waals surface area (Å²) >= 11 is 0. The summed E-state index contributed by atoms with van der Waals surface area (Å²) < 4.78 is 10.1. The minimum absolute atomic E-state index is 0.207. The predicted octanol–water partition coefficient (Wildman–Crippen LogP) is 2.32. The second-order valence-corrected chi connectivity index (χ2v) is 5.70. The van der Waals surface area contributed by atoms with Gasteiger partial charge in [-0.15, -0.1) is 0 Å². The third kappa shape index (κ3) is 4.13. The van der Waals surface area contributed by atoms with Crippen LogP contribution in [0.25, 0.3) is 0 Å². The summed E-state index contributed by atoms with van der Waals surface area (Å²) in [6, 6.07) is 10.6. The molecule has 2 aromatic rings. The van der Waals surface area contributed by atoms with Crippen LogP contribution in [0.4, 0.5) is 4.79 Å². The van der Waals surface area contributed by atoms with E-state index < -0.39 is 0 Å². The van der Waals surface area contributed by atoms with Gasteiger partial charge in [0.2, 0.25) is 5.76 Å². The lowest BCUT2D eigenvalue weighted by Crippen LogP contribution is -2.42. The molecular formula is C17H19N3O4. The Kier molecular flexibility index (Phi) is 5.10. The van der Waals surface area contributed by atoms with Crippen LogP contribution in [0.1, 0.15) is 23.4 Å². The molecule has 24 heavy (non-hydrogen) atoms. The number of nitrogens with one attached hydrogen (secondary N) is 1. The molecule has 0 unspecified atom stereocenters. The standard InChI is InChI=1S/C17H19N3O4/c21-16(15-6-9-19-24-15)18-12-13-7-10-20(11-8-13)17(22)23-14-4-2-1-3-5-14/h1-6,9,13H,7-8,10-12H2,(H,18,21). The molecule has 0 aliphatic carbocycles. The Morgan fingerprint density at radius 2 is 1.96 bits per heavy atom. The van der Waals surface area contributed by atoms with E-state index in [4.69, 9.17) is 9.26 Å². The highest BCUT2D eigenvalue weighted by molar-refractivity contribution is 5.91. The van der Waals surface area contributed by atoms with Crippen molar-refractivity contribution in [2.45, 2.75) is 12.8 Å². The largest absolute Gasteiger partial charge is 0.415 e. The number of amides is 2. The summed E-state index contributed by atoms with van der Waals surface area (Å²) in [5.74, 6) is 0.818. The first-order valence-corrected chi connectivity index (χ1v) is 7.93. The van der Waals surface area contributed by atoms with Gasteiger partial charge in [0.25, 0.3) is 5.91 Å². The number of carbonyl (C=O) groups excluding carboxylic acids is 2. The molecule has 1 aromatic carbocycles. The molecule has 1 aliphatic heterocycles. The number of benzene rings is 1. The van der Waals surface area contributed by atoms with E-state index in [0.29, 0.717) is 31.3 Å². The zero-order chi connectivity index (χ0) is 16.8. The molecule has 1 aromatic heterocycles. The van der Waals surface area contributed by atoms with Crippen molar-refractivity contribution in [3.8, 4) is 5.75 Å². The first-order valence-electron chi connectivity index (χ1n) is 7.93. The van der Waals surface area contributed by atoms with Gasteiger partial charge in [-0.25, -0.2) is 4.79 Å². The Hall–Kier alpha value is -2.83. The van der Waals surface area contributed by atoms with E-state index in [0.717, 1.165) is 12.8 Å². The van der Waals surface area contributed by atoms with Crippen LogP contribution in [0.5, 0.6) is 5.75 Å². The fourth-order valence-corrected chi connectivity index (χ4v) is 2.63. The maximum Gasteiger partial charge on any atom is 0.415 e. The number of piperidine rings is 1. The first-order chi connectivity index (χ1) is 11.7. The van der Waals surface area contributed by atoms with Crippen LogP contribution in [0, 0.1) is 5.92 Å². The van der Waals surface area contributed by atoms with Gasteiger partial charge in [0.15, 0.2) is 0 Å². The third-order valence-electron chi connectivity index (χ3n) is 4.03. The van der Waals surface area contributed by atoms with Crippen LogP contribution in [0.3, 0.4) is 0 Å². The normalized spacial score (nSPS) is 15.1. The molecule has 2 amide bonds. The maximum atomic E-state index is 12.1. The summed E-state index contributed by atoms with van der Waals surface area (Å²) in [6.07, 6.45) is 2.75. The quantitative estimate of drug-likeness (QED) is 0.930. The molecule has 7 heteroatoms. The summed E-state index contributed by atoms with van der Waals surface area (Å²) in [7, 11) is 0. The van der Waals surface area contributed by atoms with E-state index in [1.165, 1.54) is 12.3 Å². The molecule has 2 heterocycles. The molecule has 3 rings (SSSR count). The predicted molar refractivity (Wildman–Crippen MR) is 85.6 cm³/mol. The Balaban J connectivity index is 1.41. The second kappa shape index (κ2) is 7.63. The Labute approximate surface area is 139 Å². The Morgan fingerprint density at radius 1 is 1.21 bits per heavy atom. The minimum Gasteiger partial charge on any atom is -0.410 e. The van der Waals surface area contributed by atoms with Crippen molar-refractivity contribution in [2.24, 2.45) is 5.92 Å². The Morgan fingerprint density at radius 3 is 2.62 bits per heavy atom. The van der Waals surface area contributed by atoms with Crippen molar-refractivity contribution in [1.82, 2.24) is 15.4 Å². The van der Waals surface area contributed by atoms with Crippen molar-refractivity contribution in [3.05, 3.63) is 48.4 Å². The molecule has 0 saturated carbocycles. The van der Waals surface area contributed by atoms with Gasteiger partial charge < -0.3 is 19.5 Å². The van der Waals surface area contributed by atoms with Gasteiger partial charge in [-0.05, 0) is 30.9 Å². The lowest BCUT2D eigenvalue weighted by Gasteiger charge is -2.31. The molecule has 126 valence electrons. The summed E-state index contributed by atoms with van der Waals surface area (Å²) in [5, 5.41) is 6.34. The average Bonchev–Trinajstić information content (AvgIpc) is 3.16. The van der Waals surface area contributed by atoms with Gasteiger partial charge in [0, 0.05) is 25.7 Å². The number of ether oxygens (including phenoxy) is 1. The van der Waals surface area contributed by atoms with Crippen molar-refractivity contribution < 1.29 is 18.8 Å². The number of likely N-dealkylation sites (tertiary alicyclic amines) is 1. The molecule has 7 nitrogen and oxygen atoms in total. The molecular weight excluding hydrogens is 310 g/mol. The van der Waals surface area contributed by atoms with Crippen LogP contribution in [-0.4, -0.2) is 41.7 Å². The van der Waals surface area contributed by atoms with Crippen molar-refractivity contribution >= 4 is 12.0 Å². The van der Waals surface area contributed by atoms with Gasteiger partial charge in [-0.3, -0.25) is 4.79 Å². The van der Waals surface area contributed by atoms with Gasteiger partial charge >= 0.3 is 6.09 Å². The monoisotopic (exact) mass is 329 g/mol. The molecule has 1 aliphatic rings. The van der Waals surface area contributed by atoms with Gasteiger partial charge in [-0.2, -0.15) is 0 Å². The van der Waals surface area contributed by atoms with Gasteiger partial charge in [0.1, 0.15) is 5.75 Å². The van der Waals surface area contributed by atoms with E-state index in [1.54, 1.807) is 17.0 Å². The molecule has 1 saturated heterocycles. The van der Waals surface area contributed by atoms with Crippen molar-refractivity contribution in [3.63, 3.8) is 0 Å². The molecule has 0 bridgehead atoms. The van der Waals surface area contributed by atoms with E-state index in [-0.39, 0.29) is 17.8 Å². The van der Waals surface area contributed by atoms with Gasteiger partial charge in [-0.1, -0.05) is 23.4 Å². The zero-order valence-corrected chi connectivity index (χ0v) is 13.2. The highest BCUT2D eigenvalue weighted by atomic mass is 16.6. The SMILES string of the molecule is O=C(NCC1CCN(C(=O)Oc2ccccc2)CC1)c1ccno1. The molecule has 1 fully saturated rings. The van der Waals surface area contributed by atoms with Gasteiger partial charge in [0.05, 0.1) is 6.20 Å². The summed E-state index contributed by atoms with van der Waals surface area (Å²) in [6.45, 7) is 1.80. The average molecular weight is 329 g/mol. The third-order valence-corrected chi connectivity index (χ3v) is 4.03. The van der Waals surface area contributed by atoms with E-state index in [1.807, 2.05) is 18.2 Å². The molecule has 0 atom stereocenters. The maximum absolute atomic E-state index is 12.1. The van der Waals surface area contributed by atoms with E-state index in [9.17, 15) is 9.59 Å². The minimum atomic E-state index is -0.328. The number of carbonyl (C=O) groups is 2. The highest BCUT2D eigenvalue weighted by Gasteiger charge is 2.24. The zero-order valence-electron chi connectivity index (χ0n) is 13.2. The number of hydrogen-bond donors (Lipinski definition) is 1. The molecule has 0 spiro atoms. The first kappa shape index (κ1) is 16.0. The van der Waals surface area contributed by atoms with Crippen molar-refractivity contribution in [1.29, 1.82) is 0 Å². The Bertz CT molecular complexity index is 664.